The van der Waals surface area contributed by atoms with Gasteiger partial charge in [0.05, 0.1) is 5.60 Å². The normalized spacial score (nSPS) is 14.8. The van der Waals surface area contributed by atoms with Gasteiger partial charge in [-0.1, -0.05) is 126 Å². The molecule has 0 aromatic rings. The third-order valence-electron chi connectivity index (χ3n) is 5.21. The van der Waals surface area contributed by atoms with Gasteiger partial charge in [-0.2, -0.15) is 0 Å². The molecular formula is C29H47NO2. The molecule has 0 rings (SSSR count). The van der Waals surface area contributed by atoms with Gasteiger partial charge < -0.3 is 10.4 Å². The molecule has 0 radical (unpaired) electrons. The molecule has 2 N–H and O–H groups in total. The number of aliphatic hydroxyl groups is 1. The van der Waals surface area contributed by atoms with Crippen molar-refractivity contribution in [2.24, 2.45) is 0 Å². The first-order valence-electron chi connectivity index (χ1n) is 12.5. The van der Waals surface area contributed by atoms with Gasteiger partial charge in [0.2, 0.25) is 5.91 Å². The standard InChI is InChI=1S/C29H47NO2/c1-4-7-10-12-13-14-15-16-17-18-19-20-21-24-28(31)30-27-29(32,25-22-9-6-3)26-23-11-8-5-2/h4,7,10,12-16,19-21,24,32H,5-6,8-9,11,17-18,22-23,25-27H2,1-3H3,(H,30,31). The predicted molar refractivity (Wildman–Crippen MR) is 141 cm³/mol. The average molecular weight is 442 g/mol. The smallest absolute Gasteiger partial charge is 0.244 e. The topological polar surface area (TPSA) is 49.3 Å². The van der Waals surface area contributed by atoms with Crippen LogP contribution in [0, 0.1) is 0 Å². The molecule has 0 aliphatic rings. The summed E-state index contributed by atoms with van der Waals surface area (Å²) in [5.74, 6) is -0.145. The number of allylic oxidation sites excluding steroid dienone is 11. The second kappa shape index (κ2) is 22.1. The minimum absolute atomic E-state index is 0.145. The highest BCUT2D eigenvalue weighted by molar-refractivity contribution is 5.87. The molecule has 0 aromatic carbocycles. The Labute approximate surface area is 197 Å². The highest BCUT2D eigenvalue weighted by Crippen LogP contribution is 2.22. The van der Waals surface area contributed by atoms with Crippen LogP contribution in [0.25, 0.3) is 0 Å². The molecule has 0 saturated carbocycles. The lowest BCUT2D eigenvalue weighted by molar-refractivity contribution is -0.118. The van der Waals surface area contributed by atoms with Gasteiger partial charge >= 0.3 is 0 Å². The van der Waals surface area contributed by atoms with Crippen molar-refractivity contribution in [2.75, 3.05) is 6.54 Å². The van der Waals surface area contributed by atoms with E-state index in [4.69, 9.17) is 0 Å². The fourth-order valence-electron chi connectivity index (χ4n) is 3.25. The molecule has 1 atom stereocenters. The lowest BCUT2D eigenvalue weighted by Gasteiger charge is -2.28. The maximum atomic E-state index is 12.1. The molecule has 0 aliphatic carbocycles. The van der Waals surface area contributed by atoms with Crippen molar-refractivity contribution in [3.8, 4) is 0 Å². The molecule has 0 saturated heterocycles. The zero-order valence-electron chi connectivity index (χ0n) is 20.8. The Morgan fingerprint density at radius 3 is 1.91 bits per heavy atom. The second-order valence-electron chi connectivity index (χ2n) is 8.30. The molecule has 3 heteroatoms. The zero-order chi connectivity index (χ0) is 23.8. The summed E-state index contributed by atoms with van der Waals surface area (Å²) in [6, 6.07) is 0. The number of carbonyl (C=O) groups excluding carboxylic acids is 1. The van der Waals surface area contributed by atoms with Crippen LogP contribution in [0.3, 0.4) is 0 Å². The van der Waals surface area contributed by atoms with Crippen LogP contribution >= 0.6 is 0 Å². The van der Waals surface area contributed by atoms with Gasteiger partial charge in [0.15, 0.2) is 0 Å². The predicted octanol–water partition coefficient (Wildman–Crippen LogP) is 7.52. The van der Waals surface area contributed by atoms with E-state index in [1.807, 2.05) is 55.5 Å². The van der Waals surface area contributed by atoms with E-state index in [0.717, 1.165) is 57.8 Å². The number of nitrogens with one attached hydrogen (secondary N) is 1. The zero-order valence-corrected chi connectivity index (χ0v) is 20.8. The first-order valence-corrected chi connectivity index (χ1v) is 12.5. The van der Waals surface area contributed by atoms with E-state index < -0.39 is 5.60 Å². The van der Waals surface area contributed by atoms with E-state index in [1.54, 1.807) is 6.08 Å². The van der Waals surface area contributed by atoms with Gasteiger partial charge in [-0.3, -0.25) is 4.79 Å². The van der Waals surface area contributed by atoms with E-state index in [0.29, 0.717) is 6.54 Å². The largest absolute Gasteiger partial charge is 0.388 e. The molecule has 0 heterocycles. The van der Waals surface area contributed by atoms with E-state index in [2.05, 4.69) is 31.3 Å². The van der Waals surface area contributed by atoms with Crippen LogP contribution in [0.2, 0.25) is 0 Å². The van der Waals surface area contributed by atoms with E-state index in [1.165, 1.54) is 18.9 Å². The van der Waals surface area contributed by atoms with E-state index in [-0.39, 0.29) is 5.91 Å². The maximum Gasteiger partial charge on any atom is 0.244 e. The van der Waals surface area contributed by atoms with Gasteiger partial charge in [-0.15, -0.1) is 0 Å². The number of amides is 1. The number of carbonyl (C=O) groups is 1. The number of rotatable bonds is 19. The first-order chi connectivity index (χ1) is 15.6. The third-order valence-corrected chi connectivity index (χ3v) is 5.21. The van der Waals surface area contributed by atoms with Gasteiger partial charge in [-0.25, -0.2) is 0 Å². The first kappa shape index (κ1) is 29.9. The number of hydrogen-bond acceptors (Lipinski definition) is 2. The fourth-order valence-corrected chi connectivity index (χ4v) is 3.25. The number of hydrogen-bond donors (Lipinski definition) is 2. The minimum Gasteiger partial charge on any atom is -0.388 e. The summed E-state index contributed by atoms with van der Waals surface area (Å²) in [7, 11) is 0. The second-order valence-corrected chi connectivity index (χ2v) is 8.30. The summed E-state index contributed by atoms with van der Waals surface area (Å²) in [5.41, 5.74) is -0.786. The molecule has 0 aliphatic heterocycles. The van der Waals surface area contributed by atoms with Crippen molar-refractivity contribution in [3.05, 3.63) is 72.9 Å². The Morgan fingerprint density at radius 1 is 0.750 bits per heavy atom. The molecule has 0 bridgehead atoms. The molecule has 0 aromatic heterocycles. The van der Waals surface area contributed by atoms with Crippen molar-refractivity contribution < 1.29 is 9.90 Å². The van der Waals surface area contributed by atoms with Crippen LogP contribution in [-0.2, 0) is 4.79 Å². The molecule has 0 spiro atoms. The van der Waals surface area contributed by atoms with Gasteiger partial charge in [0, 0.05) is 12.6 Å². The Kier molecular flexibility index (Phi) is 20.6. The molecule has 1 unspecified atom stereocenters. The average Bonchev–Trinajstić information content (AvgIpc) is 2.79. The highest BCUT2D eigenvalue weighted by Gasteiger charge is 2.26. The van der Waals surface area contributed by atoms with Gasteiger partial charge in [0.1, 0.15) is 0 Å². The van der Waals surface area contributed by atoms with Crippen LogP contribution in [0.4, 0.5) is 0 Å². The molecule has 180 valence electrons. The molecule has 1 amide bonds. The van der Waals surface area contributed by atoms with E-state index >= 15 is 0 Å². The molecule has 3 nitrogen and oxygen atoms in total. The number of unbranched alkanes of at least 4 members (excludes halogenated alkanes) is 6. The lowest BCUT2D eigenvalue weighted by Crippen LogP contribution is -2.42. The van der Waals surface area contributed by atoms with Crippen molar-refractivity contribution >= 4 is 5.91 Å². The lowest BCUT2D eigenvalue weighted by atomic mass is 9.90. The van der Waals surface area contributed by atoms with E-state index in [9.17, 15) is 9.90 Å². The van der Waals surface area contributed by atoms with Crippen LogP contribution in [0.15, 0.2) is 72.9 Å². The van der Waals surface area contributed by atoms with Gasteiger partial charge in [-0.05, 0) is 32.6 Å². The third kappa shape index (κ3) is 19.8. The monoisotopic (exact) mass is 441 g/mol. The van der Waals surface area contributed by atoms with Crippen molar-refractivity contribution in [3.63, 3.8) is 0 Å². The van der Waals surface area contributed by atoms with Crippen molar-refractivity contribution in [1.82, 2.24) is 5.32 Å². The Balaban J connectivity index is 4.23. The summed E-state index contributed by atoms with van der Waals surface area (Å²) in [6.45, 7) is 6.68. The quantitative estimate of drug-likeness (QED) is 0.124. The van der Waals surface area contributed by atoms with Crippen LogP contribution in [0.5, 0.6) is 0 Å². The Morgan fingerprint density at radius 2 is 1.28 bits per heavy atom. The fraction of sp³-hybridized carbons (Fsp3) is 0.552. The highest BCUT2D eigenvalue weighted by atomic mass is 16.3. The Bertz CT molecular complexity index is 625. The summed E-state index contributed by atoms with van der Waals surface area (Å²) < 4.78 is 0. The molecule has 0 fully saturated rings. The summed E-state index contributed by atoms with van der Waals surface area (Å²) in [5, 5.41) is 13.9. The Hall–Kier alpha value is -2.13. The summed E-state index contributed by atoms with van der Waals surface area (Å²) in [4.78, 5) is 12.1. The van der Waals surface area contributed by atoms with Crippen LogP contribution in [-0.4, -0.2) is 23.2 Å². The maximum absolute atomic E-state index is 12.1. The van der Waals surface area contributed by atoms with Crippen molar-refractivity contribution in [2.45, 2.75) is 97.0 Å². The minimum atomic E-state index is -0.786. The molecular weight excluding hydrogens is 394 g/mol. The SMILES string of the molecule is CC=CC=CC=CC=CCCC=CC=CC(=O)NCC(O)(CCCCC)CCCCCC. The molecule has 32 heavy (non-hydrogen) atoms. The van der Waals surface area contributed by atoms with Crippen LogP contribution in [0.1, 0.15) is 91.4 Å². The van der Waals surface area contributed by atoms with Gasteiger partial charge in [0.25, 0.3) is 0 Å². The van der Waals surface area contributed by atoms with Crippen molar-refractivity contribution in [1.29, 1.82) is 0 Å². The summed E-state index contributed by atoms with van der Waals surface area (Å²) in [6.07, 6.45) is 34.6. The van der Waals surface area contributed by atoms with Crippen LogP contribution < -0.4 is 5.32 Å². The summed E-state index contributed by atoms with van der Waals surface area (Å²) >= 11 is 0.